The normalized spacial score (nSPS) is 10.8. The summed E-state index contributed by atoms with van der Waals surface area (Å²) in [5.41, 5.74) is 1.37. The van der Waals surface area contributed by atoms with Gasteiger partial charge in [-0.05, 0) is 6.42 Å². The van der Waals surface area contributed by atoms with Gasteiger partial charge in [-0.15, -0.1) is 0 Å². The molecule has 0 aliphatic rings. The van der Waals surface area contributed by atoms with Gasteiger partial charge in [0.25, 0.3) is 10.1 Å². The fourth-order valence-corrected chi connectivity index (χ4v) is 1.88. The molecule has 0 unspecified atom stereocenters. The summed E-state index contributed by atoms with van der Waals surface area (Å²) in [6, 6.07) is 6.40. The minimum absolute atomic E-state index is 0.715. The number of rotatable bonds is 7. The fourth-order valence-electron chi connectivity index (χ4n) is 1.88. The molecule has 0 atom stereocenters. The van der Waals surface area contributed by atoms with Crippen molar-refractivity contribution in [3.8, 4) is 0 Å². The first kappa shape index (κ1) is 19.1. The molecule has 0 radical (unpaired) electrons. The highest BCUT2D eigenvalue weighted by atomic mass is 32.2. The smallest absolute Gasteiger partial charge is 0.261 e. The molecule has 0 spiro atoms. The number of pyridine rings is 1. The van der Waals surface area contributed by atoms with Crippen LogP contribution in [0.15, 0.2) is 24.4 Å². The monoisotopic (exact) mass is 302 g/mol. The molecule has 0 fully saturated rings. The van der Waals surface area contributed by atoms with Gasteiger partial charge in [-0.1, -0.05) is 38.7 Å². The van der Waals surface area contributed by atoms with Crippen LogP contribution in [0.5, 0.6) is 0 Å². The van der Waals surface area contributed by atoms with E-state index < -0.39 is 10.1 Å². The van der Waals surface area contributed by atoms with E-state index in [-0.39, 0.29) is 0 Å². The largest absolute Gasteiger partial charge is 0.286 e. The van der Waals surface area contributed by atoms with Crippen LogP contribution in [-0.2, 0) is 16.7 Å². The molecule has 1 N–H and O–H groups in total. The summed E-state index contributed by atoms with van der Waals surface area (Å²) in [5, 5.41) is 0. The third kappa shape index (κ3) is 13.5. The average molecular weight is 302 g/mol. The Kier molecular flexibility index (Phi) is 10.3. The predicted molar refractivity (Wildman–Crippen MR) is 82.2 cm³/mol. The summed E-state index contributed by atoms with van der Waals surface area (Å²) in [4.78, 5) is 0. The minimum atomic E-state index is -3.67. The van der Waals surface area contributed by atoms with Gasteiger partial charge in [0.2, 0.25) is 0 Å². The van der Waals surface area contributed by atoms with Gasteiger partial charge >= 0.3 is 0 Å². The van der Waals surface area contributed by atoms with Crippen LogP contribution < -0.4 is 4.57 Å². The van der Waals surface area contributed by atoms with Crippen LogP contribution in [0.25, 0.3) is 0 Å². The lowest BCUT2D eigenvalue weighted by molar-refractivity contribution is -0.703. The number of hydrogen-bond acceptors (Lipinski definition) is 2. The van der Waals surface area contributed by atoms with Crippen LogP contribution in [0, 0.1) is 6.92 Å². The highest BCUT2D eigenvalue weighted by Gasteiger charge is 2.02. The highest BCUT2D eigenvalue weighted by Crippen LogP contribution is 2.04. The lowest BCUT2D eigenvalue weighted by atomic mass is 10.1. The number of aryl methyl sites for hydroxylation is 2. The molecule has 0 saturated heterocycles. The predicted octanol–water partition coefficient (Wildman–Crippen LogP) is 3.15. The highest BCUT2D eigenvalue weighted by molar-refractivity contribution is 7.85. The second-order valence-corrected chi connectivity index (χ2v) is 6.50. The molecular formula is C15H28NO3S+. The third-order valence-electron chi connectivity index (χ3n) is 2.92. The quantitative estimate of drug-likeness (QED) is 0.478. The van der Waals surface area contributed by atoms with E-state index in [1.54, 1.807) is 0 Å². The van der Waals surface area contributed by atoms with Gasteiger partial charge < -0.3 is 0 Å². The molecule has 0 aromatic carbocycles. The lowest BCUT2D eigenvalue weighted by Gasteiger charge is -2.00. The summed E-state index contributed by atoms with van der Waals surface area (Å²) >= 11 is 0. The van der Waals surface area contributed by atoms with Crippen LogP contribution in [0.4, 0.5) is 0 Å². The van der Waals surface area contributed by atoms with Crippen LogP contribution in [0.3, 0.4) is 0 Å². The molecule has 0 saturated carbocycles. The van der Waals surface area contributed by atoms with E-state index in [1.165, 1.54) is 50.8 Å². The topological polar surface area (TPSA) is 58.2 Å². The molecule has 116 valence electrons. The van der Waals surface area contributed by atoms with E-state index in [9.17, 15) is 8.42 Å². The van der Waals surface area contributed by atoms with Crippen molar-refractivity contribution in [1.82, 2.24) is 0 Å². The van der Waals surface area contributed by atoms with Crippen molar-refractivity contribution >= 4 is 10.1 Å². The van der Waals surface area contributed by atoms with Gasteiger partial charge in [-0.2, -0.15) is 8.42 Å². The minimum Gasteiger partial charge on any atom is -0.286 e. The standard InChI is InChI=1S/C14H24N.CH4O3S/c1-3-4-5-6-7-9-12-15-13-10-8-11-14(15)2;1-5(2,3)4/h8,10-11,13H,3-7,9,12H2,1-2H3;1H3,(H,2,3,4)/q+1;. The lowest BCUT2D eigenvalue weighted by Crippen LogP contribution is -2.36. The zero-order chi connectivity index (χ0) is 15.4. The Morgan fingerprint density at radius 2 is 1.65 bits per heavy atom. The molecule has 0 aliphatic carbocycles. The third-order valence-corrected chi connectivity index (χ3v) is 2.92. The number of hydrogen-bond donors (Lipinski definition) is 1. The summed E-state index contributed by atoms with van der Waals surface area (Å²) in [5.74, 6) is 0. The van der Waals surface area contributed by atoms with Crippen LogP contribution >= 0.6 is 0 Å². The van der Waals surface area contributed by atoms with Crippen molar-refractivity contribution in [3.63, 3.8) is 0 Å². The first-order valence-electron chi connectivity index (χ1n) is 7.22. The van der Waals surface area contributed by atoms with Crippen LogP contribution in [-0.4, -0.2) is 19.2 Å². The number of nitrogens with zero attached hydrogens (tertiary/aromatic N) is 1. The molecule has 1 rings (SSSR count). The second-order valence-electron chi connectivity index (χ2n) is 5.04. The van der Waals surface area contributed by atoms with E-state index in [4.69, 9.17) is 4.55 Å². The summed E-state index contributed by atoms with van der Waals surface area (Å²) in [6.45, 7) is 5.62. The number of unbranched alkanes of at least 4 members (excludes halogenated alkanes) is 5. The SMILES string of the molecule is CCCCCCCC[n+]1ccccc1C.CS(=O)(=O)O. The molecule has 0 aliphatic heterocycles. The van der Waals surface area contributed by atoms with Gasteiger partial charge in [-0.25, -0.2) is 4.57 Å². The van der Waals surface area contributed by atoms with Gasteiger partial charge in [0.15, 0.2) is 11.9 Å². The Hall–Kier alpha value is -0.940. The Morgan fingerprint density at radius 3 is 2.20 bits per heavy atom. The molecular weight excluding hydrogens is 274 g/mol. The van der Waals surface area contributed by atoms with Crippen LogP contribution in [0.1, 0.15) is 51.1 Å². The maximum absolute atomic E-state index is 9.19. The van der Waals surface area contributed by atoms with Gasteiger partial charge in [0, 0.05) is 25.5 Å². The molecule has 1 heterocycles. The van der Waals surface area contributed by atoms with E-state index in [2.05, 4.69) is 42.8 Å². The molecule has 5 heteroatoms. The van der Waals surface area contributed by atoms with Crippen molar-refractivity contribution in [1.29, 1.82) is 0 Å². The van der Waals surface area contributed by atoms with Crippen molar-refractivity contribution < 1.29 is 17.5 Å². The Labute approximate surface area is 123 Å². The first-order chi connectivity index (χ1) is 9.34. The summed E-state index contributed by atoms with van der Waals surface area (Å²) in [7, 11) is -3.67. The Balaban J connectivity index is 0.000000621. The summed E-state index contributed by atoms with van der Waals surface area (Å²) < 4.78 is 28.2. The van der Waals surface area contributed by atoms with Crippen molar-refractivity contribution in [3.05, 3.63) is 30.1 Å². The Bertz CT molecular complexity index is 450. The summed E-state index contributed by atoms with van der Waals surface area (Å²) in [6.07, 6.45) is 11.1. The van der Waals surface area contributed by atoms with Gasteiger partial charge in [-0.3, -0.25) is 4.55 Å². The molecule has 4 nitrogen and oxygen atoms in total. The number of aromatic nitrogens is 1. The van der Waals surface area contributed by atoms with Crippen molar-refractivity contribution in [2.24, 2.45) is 0 Å². The average Bonchev–Trinajstić information content (AvgIpc) is 2.33. The van der Waals surface area contributed by atoms with Crippen molar-refractivity contribution in [2.45, 2.75) is 58.9 Å². The van der Waals surface area contributed by atoms with E-state index in [1.807, 2.05) is 0 Å². The Morgan fingerprint density at radius 1 is 1.10 bits per heavy atom. The molecule has 1 aromatic heterocycles. The zero-order valence-electron chi connectivity index (χ0n) is 12.9. The van der Waals surface area contributed by atoms with E-state index in [0.29, 0.717) is 6.26 Å². The van der Waals surface area contributed by atoms with Crippen molar-refractivity contribution in [2.75, 3.05) is 6.26 Å². The first-order valence-corrected chi connectivity index (χ1v) is 9.07. The molecule has 1 aromatic rings. The van der Waals surface area contributed by atoms with E-state index >= 15 is 0 Å². The van der Waals surface area contributed by atoms with E-state index in [0.717, 1.165) is 0 Å². The maximum Gasteiger partial charge on any atom is 0.261 e. The molecule has 0 amide bonds. The molecule has 20 heavy (non-hydrogen) atoms. The van der Waals surface area contributed by atoms with Gasteiger partial charge in [0.05, 0.1) is 6.26 Å². The molecule has 0 bridgehead atoms. The zero-order valence-corrected chi connectivity index (χ0v) is 13.7. The fraction of sp³-hybridized carbons (Fsp3) is 0.667. The van der Waals surface area contributed by atoms with Gasteiger partial charge in [0.1, 0.15) is 6.54 Å². The maximum atomic E-state index is 9.19. The second kappa shape index (κ2) is 10.8. The van der Waals surface area contributed by atoms with Crippen LogP contribution in [0.2, 0.25) is 0 Å².